The number of imidazole rings is 1. The summed E-state index contributed by atoms with van der Waals surface area (Å²) in [6.45, 7) is 2.48. The summed E-state index contributed by atoms with van der Waals surface area (Å²) in [5.41, 5.74) is 2.91. The van der Waals surface area contributed by atoms with Gasteiger partial charge < -0.3 is 19.8 Å². The van der Waals surface area contributed by atoms with E-state index in [-0.39, 0.29) is 0 Å². The van der Waals surface area contributed by atoms with E-state index in [1.54, 1.807) is 7.11 Å². The molecule has 3 aromatic rings. The highest BCUT2D eigenvalue weighted by molar-refractivity contribution is 5.77. The van der Waals surface area contributed by atoms with Crippen molar-refractivity contribution in [3.63, 3.8) is 0 Å². The second kappa shape index (κ2) is 7.58. The van der Waals surface area contributed by atoms with Gasteiger partial charge in [0.2, 0.25) is 5.95 Å². The summed E-state index contributed by atoms with van der Waals surface area (Å²) in [5, 5.41) is 12.4. The van der Waals surface area contributed by atoms with E-state index in [0.29, 0.717) is 30.4 Å². The SMILES string of the molecule is CCC(C#N)Oc1cc(CNc2nc3ccccc3[nH]2)ccc1OC. The molecule has 2 aromatic carbocycles. The standard InChI is InChI=1S/C19H20N4O2/c1-3-14(11-20)25-18-10-13(8-9-17(18)24-2)12-21-19-22-15-6-4-5-7-16(15)23-19/h4-10,14H,3,12H2,1-2H3,(H2,21,22,23). The lowest BCUT2D eigenvalue weighted by Crippen LogP contribution is -2.13. The van der Waals surface area contributed by atoms with E-state index in [2.05, 4.69) is 21.4 Å². The molecule has 1 atom stereocenters. The van der Waals surface area contributed by atoms with Crippen LogP contribution < -0.4 is 14.8 Å². The lowest BCUT2D eigenvalue weighted by atomic mass is 10.2. The number of aromatic amines is 1. The van der Waals surface area contributed by atoms with E-state index in [1.165, 1.54) is 0 Å². The Morgan fingerprint density at radius 3 is 2.80 bits per heavy atom. The number of ether oxygens (including phenoxy) is 2. The number of nitriles is 1. The zero-order valence-corrected chi connectivity index (χ0v) is 14.2. The maximum absolute atomic E-state index is 9.10. The fourth-order valence-corrected chi connectivity index (χ4v) is 2.50. The molecule has 128 valence electrons. The van der Waals surface area contributed by atoms with Crippen LogP contribution in [-0.2, 0) is 6.54 Å². The zero-order chi connectivity index (χ0) is 17.6. The van der Waals surface area contributed by atoms with Gasteiger partial charge in [-0.3, -0.25) is 0 Å². The minimum Gasteiger partial charge on any atom is -0.493 e. The number of nitrogens with one attached hydrogen (secondary N) is 2. The molecule has 0 saturated carbocycles. The van der Waals surface area contributed by atoms with Crippen molar-refractivity contribution in [1.29, 1.82) is 5.26 Å². The van der Waals surface area contributed by atoms with Crippen molar-refractivity contribution in [3.8, 4) is 17.6 Å². The van der Waals surface area contributed by atoms with E-state index in [1.807, 2.05) is 49.4 Å². The quantitative estimate of drug-likeness (QED) is 0.684. The number of rotatable bonds is 7. The van der Waals surface area contributed by atoms with Gasteiger partial charge in [0.25, 0.3) is 0 Å². The van der Waals surface area contributed by atoms with Gasteiger partial charge in [0.15, 0.2) is 17.6 Å². The van der Waals surface area contributed by atoms with Gasteiger partial charge in [0, 0.05) is 6.54 Å². The highest BCUT2D eigenvalue weighted by atomic mass is 16.5. The number of benzene rings is 2. The molecule has 1 heterocycles. The normalized spacial score (nSPS) is 11.7. The molecule has 2 N–H and O–H groups in total. The summed E-state index contributed by atoms with van der Waals surface area (Å²) < 4.78 is 11.1. The molecule has 1 aromatic heterocycles. The van der Waals surface area contributed by atoms with Gasteiger partial charge in [-0.1, -0.05) is 25.1 Å². The van der Waals surface area contributed by atoms with Crippen molar-refractivity contribution < 1.29 is 9.47 Å². The molecule has 0 radical (unpaired) electrons. The number of nitrogens with zero attached hydrogens (tertiary/aromatic N) is 2. The molecule has 0 fully saturated rings. The smallest absolute Gasteiger partial charge is 0.201 e. The first-order valence-corrected chi connectivity index (χ1v) is 8.15. The van der Waals surface area contributed by atoms with Gasteiger partial charge in [-0.05, 0) is 36.2 Å². The number of hydrogen-bond donors (Lipinski definition) is 2. The highest BCUT2D eigenvalue weighted by Crippen LogP contribution is 2.29. The number of hydrogen-bond acceptors (Lipinski definition) is 5. The number of methoxy groups -OCH3 is 1. The number of aromatic nitrogens is 2. The molecule has 0 aliphatic rings. The third-order valence-corrected chi connectivity index (χ3v) is 3.86. The topological polar surface area (TPSA) is 83.0 Å². The van der Waals surface area contributed by atoms with Gasteiger partial charge in [0.1, 0.15) is 6.07 Å². The fraction of sp³-hybridized carbons (Fsp3) is 0.263. The summed E-state index contributed by atoms with van der Waals surface area (Å²) in [7, 11) is 1.59. The first kappa shape index (κ1) is 16.7. The van der Waals surface area contributed by atoms with Gasteiger partial charge in [-0.15, -0.1) is 0 Å². The van der Waals surface area contributed by atoms with E-state index < -0.39 is 6.10 Å². The fourth-order valence-electron chi connectivity index (χ4n) is 2.50. The first-order chi connectivity index (χ1) is 12.2. The molecule has 0 amide bonds. The van der Waals surface area contributed by atoms with Crippen molar-refractivity contribution in [2.75, 3.05) is 12.4 Å². The van der Waals surface area contributed by atoms with Crippen molar-refractivity contribution in [3.05, 3.63) is 48.0 Å². The summed E-state index contributed by atoms with van der Waals surface area (Å²) in [5.74, 6) is 1.89. The third-order valence-electron chi connectivity index (χ3n) is 3.86. The van der Waals surface area contributed by atoms with Gasteiger partial charge in [0.05, 0.1) is 18.1 Å². The number of fused-ring (bicyclic) bond motifs is 1. The number of para-hydroxylation sites is 2. The first-order valence-electron chi connectivity index (χ1n) is 8.15. The Labute approximate surface area is 146 Å². The van der Waals surface area contributed by atoms with Crippen LogP contribution in [-0.4, -0.2) is 23.2 Å². The van der Waals surface area contributed by atoms with Crippen LogP contribution in [0.5, 0.6) is 11.5 Å². The molecule has 6 heteroatoms. The zero-order valence-electron chi connectivity index (χ0n) is 14.2. The lowest BCUT2D eigenvalue weighted by molar-refractivity contribution is 0.238. The molecule has 0 bridgehead atoms. The largest absolute Gasteiger partial charge is 0.493 e. The number of H-pyrrole nitrogens is 1. The van der Waals surface area contributed by atoms with E-state index in [4.69, 9.17) is 14.7 Å². The van der Waals surface area contributed by atoms with Gasteiger partial charge in [-0.25, -0.2) is 4.98 Å². The second-order valence-corrected chi connectivity index (χ2v) is 5.59. The lowest BCUT2D eigenvalue weighted by Gasteiger charge is -2.15. The molecule has 0 aliphatic heterocycles. The average molecular weight is 336 g/mol. The van der Waals surface area contributed by atoms with Crippen LogP contribution in [0.3, 0.4) is 0 Å². The molecule has 1 unspecified atom stereocenters. The van der Waals surface area contributed by atoms with Crippen LogP contribution in [0.1, 0.15) is 18.9 Å². The van der Waals surface area contributed by atoms with E-state index >= 15 is 0 Å². The maximum Gasteiger partial charge on any atom is 0.201 e. The van der Waals surface area contributed by atoms with Crippen molar-refractivity contribution in [2.45, 2.75) is 26.0 Å². The van der Waals surface area contributed by atoms with Crippen LogP contribution >= 0.6 is 0 Å². The van der Waals surface area contributed by atoms with Crippen LogP contribution in [0.25, 0.3) is 11.0 Å². The van der Waals surface area contributed by atoms with Crippen molar-refractivity contribution in [2.24, 2.45) is 0 Å². The average Bonchev–Trinajstić information content (AvgIpc) is 3.07. The molecule has 6 nitrogen and oxygen atoms in total. The molecule has 0 spiro atoms. The van der Waals surface area contributed by atoms with E-state index in [0.717, 1.165) is 16.6 Å². The summed E-state index contributed by atoms with van der Waals surface area (Å²) in [6, 6.07) is 15.7. The molecular formula is C19H20N4O2. The maximum atomic E-state index is 9.10. The van der Waals surface area contributed by atoms with Crippen LogP contribution in [0, 0.1) is 11.3 Å². The summed E-state index contributed by atoms with van der Waals surface area (Å²) >= 11 is 0. The van der Waals surface area contributed by atoms with Gasteiger partial charge in [-0.2, -0.15) is 5.26 Å². The second-order valence-electron chi connectivity index (χ2n) is 5.59. The minimum atomic E-state index is -0.493. The summed E-state index contributed by atoms with van der Waals surface area (Å²) in [6.07, 6.45) is 0.119. The molecule has 25 heavy (non-hydrogen) atoms. The predicted octanol–water partition coefficient (Wildman–Crippen LogP) is 3.86. The van der Waals surface area contributed by atoms with Crippen LogP contribution in [0.4, 0.5) is 5.95 Å². The summed E-state index contributed by atoms with van der Waals surface area (Å²) in [4.78, 5) is 7.73. The Balaban J connectivity index is 1.74. The van der Waals surface area contributed by atoms with Crippen LogP contribution in [0.15, 0.2) is 42.5 Å². The monoisotopic (exact) mass is 336 g/mol. The molecular weight excluding hydrogens is 316 g/mol. The Hall–Kier alpha value is -3.20. The highest BCUT2D eigenvalue weighted by Gasteiger charge is 2.12. The van der Waals surface area contributed by atoms with E-state index in [9.17, 15) is 0 Å². The molecule has 0 saturated heterocycles. The predicted molar refractivity (Wildman–Crippen MR) is 96.7 cm³/mol. The van der Waals surface area contributed by atoms with Crippen molar-refractivity contribution >= 4 is 17.0 Å². The Morgan fingerprint density at radius 2 is 2.08 bits per heavy atom. The van der Waals surface area contributed by atoms with Crippen molar-refractivity contribution in [1.82, 2.24) is 9.97 Å². The Morgan fingerprint density at radius 1 is 1.24 bits per heavy atom. The Kier molecular flexibility index (Phi) is 5.05. The van der Waals surface area contributed by atoms with Gasteiger partial charge >= 0.3 is 0 Å². The van der Waals surface area contributed by atoms with Crippen LogP contribution in [0.2, 0.25) is 0 Å². The number of anilines is 1. The molecule has 0 aliphatic carbocycles. The Bertz CT molecular complexity index is 865. The molecule has 3 rings (SSSR count). The minimum absolute atomic E-state index is 0.493. The third kappa shape index (κ3) is 3.83.